The van der Waals surface area contributed by atoms with Gasteiger partial charge in [-0.3, -0.25) is 4.21 Å². The second kappa shape index (κ2) is 3.83. The second-order valence-corrected chi connectivity index (χ2v) is 6.30. The first-order valence-corrected chi connectivity index (χ1v) is 6.73. The molecule has 0 bridgehead atoms. The van der Waals surface area contributed by atoms with E-state index in [9.17, 15) is 4.21 Å². The van der Waals surface area contributed by atoms with E-state index in [1.54, 1.807) is 7.11 Å². The van der Waals surface area contributed by atoms with Crippen LogP contribution in [0.15, 0.2) is 11.0 Å². The van der Waals surface area contributed by atoms with Crippen LogP contribution in [0, 0.1) is 5.92 Å². The molecule has 74 valence electrons. The molecule has 0 radical (unpaired) electrons. The van der Waals surface area contributed by atoms with Gasteiger partial charge in [-0.25, -0.2) is 0 Å². The standard InChI is InChI=1S/C9H13BrO2S/c1-12-8-5-9-6(4-7(8)10)2-3-13(9)11/h5-8H,2-4H2,1H3. The van der Waals surface area contributed by atoms with Crippen LogP contribution >= 0.6 is 15.9 Å². The summed E-state index contributed by atoms with van der Waals surface area (Å²) in [5.41, 5.74) is 0. The molecule has 2 rings (SSSR count). The third-order valence-corrected chi connectivity index (χ3v) is 5.28. The second-order valence-electron chi connectivity index (χ2n) is 3.56. The van der Waals surface area contributed by atoms with Crippen LogP contribution in [0.25, 0.3) is 0 Å². The first-order valence-electron chi connectivity index (χ1n) is 4.49. The van der Waals surface area contributed by atoms with Gasteiger partial charge in [0.1, 0.15) is 0 Å². The first-order chi connectivity index (χ1) is 6.22. The highest BCUT2D eigenvalue weighted by Crippen LogP contribution is 2.39. The summed E-state index contributed by atoms with van der Waals surface area (Å²) in [5.74, 6) is 1.38. The SMILES string of the molecule is COC1C=C2C(CCS2=O)CC1Br. The van der Waals surface area contributed by atoms with Gasteiger partial charge in [0.2, 0.25) is 0 Å². The Morgan fingerprint density at radius 2 is 2.46 bits per heavy atom. The van der Waals surface area contributed by atoms with E-state index < -0.39 is 10.8 Å². The summed E-state index contributed by atoms with van der Waals surface area (Å²) in [5, 5.41) is 0. The van der Waals surface area contributed by atoms with Crippen LogP contribution in [0.4, 0.5) is 0 Å². The summed E-state index contributed by atoms with van der Waals surface area (Å²) in [6, 6.07) is 0. The van der Waals surface area contributed by atoms with Gasteiger partial charge >= 0.3 is 0 Å². The predicted molar refractivity (Wildman–Crippen MR) is 57.3 cm³/mol. The number of methoxy groups -OCH3 is 1. The lowest BCUT2D eigenvalue weighted by Gasteiger charge is -2.27. The van der Waals surface area contributed by atoms with E-state index in [0.717, 1.165) is 23.5 Å². The molecule has 0 N–H and O–H groups in total. The van der Waals surface area contributed by atoms with Crippen molar-refractivity contribution in [3.8, 4) is 0 Å². The molecular formula is C9H13BrO2S. The van der Waals surface area contributed by atoms with Crippen molar-refractivity contribution in [2.45, 2.75) is 23.8 Å². The third kappa shape index (κ3) is 1.76. The molecule has 1 fully saturated rings. The summed E-state index contributed by atoms with van der Waals surface area (Å²) >= 11 is 3.60. The van der Waals surface area contributed by atoms with E-state index in [-0.39, 0.29) is 6.10 Å². The summed E-state index contributed by atoms with van der Waals surface area (Å²) in [6.45, 7) is 0. The maximum Gasteiger partial charge on any atom is 0.0888 e. The van der Waals surface area contributed by atoms with Crippen LogP contribution in [0.2, 0.25) is 0 Å². The molecular weight excluding hydrogens is 252 g/mol. The highest BCUT2D eigenvalue weighted by atomic mass is 79.9. The van der Waals surface area contributed by atoms with Crippen molar-refractivity contribution in [2.75, 3.05) is 12.9 Å². The van der Waals surface area contributed by atoms with Crippen molar-refractivity contribution in [3.63, 3.8) is 0 Å². The van der Waals surface area contributed by atoms with Crippen LogP contribution in [-0.4, -0.2) is 28.0 Å². The minimum Gasteiger partial charge on any atom is -0.376 e. The summed E-state index contributed by atoms with van der Waals surface area (Å²) in [6.07, 6.45) is 4.30. The molecule has 1 aliphatic heterocycles. The van der Waals surface area contributed by atoms with Crippen molar-refractivity contribution in [1.82, 2.24) is 0 Å². The van der Waals surface area contributed by atoms with Gasteiger partial charge < -0.3 is 4.74 Å². The average molecular weight is 265 g/mol. The quantitative estimate of drug-likeness (QED) is 0.676. The van der Waals surface area contributed by atoms with Crippen molar-refractivity contribution in [1.29, 1.82) is 0 Å². The number of hydrogen-bond acceptors (Lipinski definition) is 2. The number of allylic oxidation sites excluding steroid dienone is 1. The van der Waals surface area contributed by atoms with E-state index in [1.165, 1.54) is 0 Å². The van der Waals surface area contributed by atoms with Gasteiger partial charge in [-0.05, 0) is 24.8 Å². The maximum absolute atomic E-state index is 11.5. The third-order valence-electron chi connectivity index (χ3n) is 2.78. The minimum absolute atomic E-state index is 0.105. The molecule has 4 atom stereocenters. The molecule has 0 aromatic rings. The first kappa shape index (κ1) is 9.87. The molecule has 1 saturated heterocycles. The lowest BCUT2D eigenvalue weighted by atomic mass is 9.92. The highest BCUT2D eigenvalue weighted by Gasteiger charge is 2.36. The molecule has 0 saturated carbocycles. The molecule has 0 aromatic heterocycles. The molecule has 1 aliphatic carbocycles. The monoisotopic (exact) mass is 264 g/mol. The van der Waals surface area contributed by atoms with Crippen LogP contribution in [0.5, 0.6) is 0 Å². The summed E-state index contributed by atoms with van der Waals surface area (Å²) < 4.78 is 16.9. The highest BCUT2D eigenvalue weighted by molar-refractivity contribution is 9.09. The van der Waals surface area contributed by atoms with Crippen LogP contribution < -0.4 is 0 Å². The number of rotatable bonds is 1. The summed E-state index contributed by atoms with van der Waals surface area (Å²) in [4.78, 5) is 1.52. The number of fused-ring (bicyclic) bond motifs is 1. The molecule has 4 unspecified atom stereocenters. The normalized spacial score (nSPS) is 44.3. The predicted octanol–water partition coefficient (Wildman–Crippen LogP) is 1.82. The van der Waals surface area contributed by atoms with E-state index in [1.807, 2.05) is 0 Å². The zero-order valence-corrected chi connectivity index (χ0v) is 9.94. The molecule has 0 spiro atoms. The maximum atomic E-state index is 11.5. The molecule has 1 heterocycles. The van der Waals surface area contributed by atoms with Crippen LogP contribution in [0.1, 0.15) is 12.8 Å². The van der Waals surface area contributed by atoms with Gasteiger partial charge in [0.15, 0.2) is 0 Å². The number of ether oxygens (including phenoxy) is 1. The molecule has 4 heteroatoms. The van der Waals surface area contributed by atoms with E-state index in [2.05, 4.69) is 22.0 Å². The zero-order valence-electron chi connectivity index (χ0n) is 7.53. The lowest BCUT2D eigenvalue weighted by Crippen LogP contribution is -2.28. The van der Waals surface area contributed by atoms with Crippen molar-refractivity contribution >= 4 is 26.7 Å². The Kier molecular flexibility index (Phi) is 2.91. The van der Waals surface area contributed by atoms with Gasteiger partial charge in [-0.15, -0.1) is 0 Å². The topological polar surface area (TPSA) is 26.3 Å². The van der Waals surface area contributed by atoms with Crippen molar-refractivity contribution in [2.24, 2.45) is 5.92 Å². The van der Waals surface area contributed by atoms with Gasteiger partial charge in [-0.2, -0.15) is 0 Å². The van der Waals surface area contributed by atoms with Gasteiger partial charge in [-0.1, -0.05) is 15.9 Å². The fourth-order valence-corrected chi connectivity index (χ4v) is 4.45. The minimum atomic E-state index is -0.716. The number of hydrogen-bond donors (Lipinski definition) is 0. The average Bonchev–Trinajstić information content (AvgIpc) is 2.46. The Balaban J connectivity index is 2.24. The Morgan fingerprint density at radius 1 is 1.69 bits per heavy atom. The van der Waals surface area contributed by atoms with Gasteiger partial charge in [0, 0.05) is 33.4 Å². The number of alkyl halides is 1. The largest absolute Gasteiger partial charge is 0.376 e. The lowest BCUT2D eigenvalue weighted by molar-refractivity contribution is 0.129. The van der Waals surface area contributed by atoms with Crippen molar-refractivity contribution < 1.29 is 8.95 Å². The van der Waals surface area contributed by atoms with E-state index >= 15 is 0 Å². The van der Waals surface area contributed by atoms with E-state index in [0.29, 0.717) is 10.7 Å². The van der Waals surface area contributed by atoms with Gasteiger partial charge in [0.05, 0.1) is 6.10 Å². The zero-order chi connectivity index (χ0) is 9.42. The van der Waals surface area contributed by atoms with E-state index in [4.69, 9.17) is 4.74 Å². The molecule has 0 amide bonds. The molecule has 2 aliphatic rings. The van der Waals surface area contributed by atoms with Crippen LogP contribution in [-0.2, 0) is 15.5 Å². The molecule has 13 heavy (non-hydrogen) atoms. The Labute approximate surface area is 89.3 Å². The van der Waals surface area contributed by atoms with Gasteiger partial charge in [0.25, 0.3) is 0 Å². The van der Waals surface area contributed by atoms with Crippen LogP contribution in [0.3, 0.4) is 0 Å². The smallest absolute Gasteiger partial charge is 0.0888 e. The molecule has 0 aromatic carbocycles. The number of halogens is 1. The fraction of sp³-hybridized carbons (Fsp3) is 0.778. The Bertz CT molecular complexity index is 264. The summed E-state index contributed by atoms with van der Waals surface area (Å²) in [7, 11) is 0.986. The van der Waals surface area contributed by atoms with Crippen molar-refractivity contribution in [3.05, 3.63) is 11.0 Å². The Hall–Kier alpha value is 0.330. The Morgan fingerprint density at radius 3 is 3.15 bits per heavy atom. The molecule has 2 nitrogen and oxygen atoms in total. The fourth-order valence-electron chi connectivity index (χ4n) is 2.03.